The Hall–Kier alpha value is -3.41. The van der Waals surface area contributed by atoms with E-state index in [1.807, 2.05) is 0 Å². The summed E-state index contributed by atoms with van der Waals surface area (Å²) in [7, 11) is 0. The fourth-order valence-corrected chi connectivity index (χ4v) is 7.50. The predicted octanol–water partition coefficient (Wildman–Crippen LogP) is 18.4. The van der Waals surface area contributed by atoms with Gasteiger partial charge in [0.25, 0.3) is 0 Å². The van der Waals surface area contributed by atoms with Crippen molar-refractivity contribution in [2.24, 2.45) is 0 Å². The van der Waals surface area contributed by atoms with Gasteiger partial charge < -0.3 is 14.2 Å². The second kappa shape index (κ2) is 54.2. The van der Waals surface area contributed by atoms with Crippen LogP contribution in [0.5, 0.6) is 0 Å². The molecule has 0 aliphatic carbocycles. The summed E-state index contributed by atoms with van der Waals surface area (Å²) in [6.45, 7) is 6.45. The first kappa shape index (κ1) is 62.6. The summed E-state index contributed by atoms with van der Waals surface area (Å²) in [4.78, 5) is 37.8. The Labute approximate surface area is 407 Å². The molecule has 0 aromatic carbocycles. The molecule has 66 heavy (non-hydrogen) atoms. The molecule has 378 valence electrons. The molecule has 0 bridgehead atoms. The largest absolute Gasteiger partial charge is 0.462 e. The number of carbonyl (C=O) groups is 3. The summed E-state index contributed by atoms with van der Waals surface area (Å²) in [5.74, 6) is -0.899. The van der Waals surface area contributed by atoms with E-state index in [1.54, 1.807) is 0 Å². The molecule has 1 atom stereocenters. The number of esters is 3. The molecule has 0 rings (SSSR count). The van der Waals surface area contributed by atoms with Crippen LogP contribution in [-0.2, 0) is 28.6 Å². The Morgan fingerprint density at radius 2 is 0.591 bits per heavy atom. The summed E-state index contributed by atoms with van der Waals surface area (Å²) >= 11 is 0. The minimum atomic E-state index is -0.778. The van der Waals surface area contributed by atoms with Crippen LogP contribution in [0.4, 0.5) is 0 Å². The lowest BCUT2D eigenvalue weighted by atomic mass is 10.1. The monoisotopic (exact) mass is 919 g/mol. The zero-order chi connectivity index (χ0) is 47.9. The highest BCUT2D eigenvalue weighted by Crippen LogP contribution is 2.15. The summed E-state index contributed by atoms with van der Waals surface area (Å²) in [5.41, 5.74) is 0. The molecule has 0 saturated heterocycles. The fraction of sp³-hybridized carbons (Fsp3) is 0.717. The Bertz CT molecular complexity index is 1290. The van der Waals surface area contributed by atoms with Crippen molar-refractivity contribution in [1.82, 2.24) is 0 Å². The lowest BCUT2D eigenvalue weighted by molar-refractivity contribution is -0.167. The Morgan fingerprint density at radius 3 is 0.970 bits per heavy atom. The number of hydrogen-bond acceptors (Lipinski definition) is 6. The number of allylic oxidation sites excluding steroid dienone is 14. The van der Waals surface area contributed by atoms with Gasteiger partial charge in [0.2, 0.25) is 0 Å². The first-order chi connectivity index (χ1) is 32.5. The van der Waals surface area contributed by atoms with E-state index in [-0.39, 0.29) is 31.1 Å². The van der Waals surface area contributed by atoms with E-state index < -0.39 is 6.10 Å². The van der Waals surface area contributed by atoms with Crippen molar-refractivity contribution in [2.45, 2.75) is 264 Å². The molecule has 0 radical (unpaired) electrons. The van der Waals surface area contributed by atoms with Gasteiger partial charge in [-0.15, -0.1) is 0 Å². The number of unbranched alkanes of at least 4 members (excludes halogenated alkanes) is 24. The van der Waals surface area contributed by atoms with E-state index in [4.69, 9.17) is 14.2 Å². The van der Waals surface area contributed by atoms with Crippen molar-refractivity contribution < 1.29 is 28.6 Å². The van der Waals surface area contributed by atoms with Crippen LogP contribution in [0.15, 0.2) is 85.1 Å². The van der Waals surface area contributed by atoms with Gasteiger partial charge >= 0.3 is 17.9 Å². The molecule has 0 fully saturated rings. The highest BCUT2D eigenvalue weighted by molar-refractivity contribution is 5.71. The Morgan fingerprint density at radius 1 is 0.318 bits per heavy atom. The highest BCUT2D eigenvalue weighted by Gasteiger charge is 2.19. The molecule has 0 aromatic heterocycles. The summed E-state index contributed by atoms with van der Waals surface area (Å²) in [6.07, 6.45) is 70.3. The average molecular weight is 919 g/mol. The quantitative estimate of drug-likeness (QED) is 0.0262. The van der Waals surface area contributed by atoms with Gasteiger partial charge in [-0.2, -0.15) is 0 Å². The van der Waals surface area contributed by atoms with Gasteiger partial charge in [-0.1, -0.05) is 228 Å². The Kier molecular flexibility index (Phi) is 51.4. The molecule has 0 saturated carbocycles. The number of rotatable bonds is 49. The molecular formula is C60H102O6. The molecule has 0 aliphatic rings. The van der Waals surface area contributed by atoms with Gasteiger partial charge in [-0.3, -0.25) is 14.4 Å². The zero-order valence-electron chi connectivity index (χ0n) is 43.2. The molecule has 0 spiro atoms. The summed E-state index contributed by atoms with van der Waals surface area (Å²) in [5, 5.41) is 0. The SMILES string of the molecule is CC/C=C\C/C=C\C/C=C\C/C=C\C/C=C\C/C=C\CCCCCCCCCCCCC(=O)OCC(COC(=O)CCCCCCCCC)OC(=O)CCCCCCC/C=C\CCCCC. The van der Waals surface area contributed by atoms with Crippen LogP contribution in [0.25, 0.3) is 0 Å². The van der Waals surface area contributed by atoms with Crippen molar-refractivity contribution in [3.8, 4) is 0 Å². The van der Waals surface area contributed by atoms with Crippen molar-refractivity contribution in [3.63, 3.8) is 0 Å². The number of hydrogen-bond donors (Lipinski definition) is 0. The Balaban J connectivity index is 4.11. The summed E-state index contributed by atoms with van der Waals surface area (Å²) in [6, 6.07) is 0. The van der Waals surface area contributed by atoms with Crippen molar-refractivity contribution >= 4 is 17.9 Å². The molecule has 0 N–H and O–H groups in total. The minimum Gasteiger partial charge on any atom is -0.462 e. The fourth-order valence-electron chi connectivity index (χ4n) is 7.50. The van der Waals surface area contributed by atoms with E-state index in [2.05, 4.69) is 106 Å². The number of ether oxygens (including phenoxy) is 3. The average Bonchev–Trinajstić information content (AvgIpc) is 3.31. The molecule has 1 unspecified atom stereocenters. The van der Waals surface area contributed by atoms with Crippen LogP contribution in [0.3, 0.4) is 0 Å². The first-order valence-corrected chi connectivity index (χ1v) is 27.6. The van der Waals surface area contributed by atoms with Crippen LogP contribution in [0, 0.1) is 0 Å². The lowest BCUT2D eigenvalue weighted by Crippen LogP contribution is -2.30. The van der Waals surface area contributed by atoms with Crippen LogP contribution in [0.1, 0.15) is 258 Å². The smallest absolute Gasteiger partial charge is 0.306 e. The van der Waals surface area contributed by atoms with E-state index in [1.165, 1.54) is 109 Å². The maximum absolute atomic E-state index is 12.7. The van der Waals surface area contributed by atoms with Gasteiger partial charge in [-0.25, -0.2) is 0 Å². The first-order valence-electron chi connectivity index (χ1n) is 27.6. The van der Waals surface area contributed by atoms with Gasteiger partial charge in [0.15, 0.2) is 6.10 Å². The van der Waals surface area contributed by atoms with E-state index in [0.717, 1.165) is 109 Å². The van der Waals surface area contributed by atoms with Gasteiger partial charge in [0, 0.05) is 19.3 Å². The van der Waals surface area contributed by atoms with Crippen molar-refractivity contribution in [3.05, 3.63) is 85.1 Å². The maximum Gasteiger partial charge on any atom is 0.306 e. The van der Waals surface area contributed by atoms with Crippen LogP contribution in [-0.4, -0.2) is 37.2 Å². The van der Waals surface area contributed by atoms with E-state index in [0.29, 0.717) is 19.3 Å². The third-order valence-corrected chi connectivity index (χ3v) is 11.6. The molecular weight excluding hydrogens is 817 g/mol. The molecule has 0 heterocycles. The third kappa shape index (κ3) is 51.6. The van der Waals surface area contributed by atoms with Gasteiger partial charge in [0.05, 0.1) is 0 Å². The van der Waals surface area contributed by atoms with Gasteiger partial charge in [-0.05, 0) is 96.3 Å². The predicted molar refractivity (Wildman–Crippen MR) is 284 cm³/mol. The number of carbonyl (C=O) groups excluding carboxylic acids is 3. The van der Waals surface area contributed by atoms with Crippen LogP contribution >= 0.6 is 0 Å². The standard InChI is InChI=1S/C60H102O6/c1-4-7-10-13-16-18-20-22-23-24-25-26-27-28-29-30-31-32-33-34-35-36-37-38-40-41-44-47-50-53-59(62)65-56-57(55-64-58(61)52-49-46-43-15-12-9-6-3)66-60(63)54-51-48-45-42-39-21-19-17-14-11-8-5-2/h7,10,16-19,22-23,25-26,28-29,31-32,57H,4-6,8-9,11-15,20-21,24,27,30,33-56H2,1-3H3/b10-7-,18-16-,19-17-,23-22-,26-25-,29-28-,32-31-. The third-order valence-electron chi connectivity index (χ3n) is 11.6. The van der Waals surface area contributed by atoms with Crippen molar-refractivity contribution in [2.75, 3.05) is 13.2 Å². The summed E-state index contributed by atoms with van der Waals surface area (Å²) < 4.78 is 16.7. The molecule has 0 amide bonds. The maximum atomic E-state index is 12.7. The minimum absolute atomic E-state index is 0.0796. The van der Waals surface area contributed by atoms with Crippen LogP contribution in [0.2, 0.25) is 0 Å². The highest BCUT2D eigenvalue weighted by atomic mass is 16.6. The topological polar surface area (TPSA) is 78.9 Å². The van der Waals surface area contributed by atoms with Crippen LogP contribution < -0.4 is 0 Å². The van der Waals surface area contributed by atoms with E-state index in [9.17, 15) is 14.4 Å². The molecule has 0 aliphatic heterocycles. The second-order valence-corrected chi connectivity index (χ2v) is 18.1. The normalized spacial score (nSPS) is 12.7. The lowest BCUT2D eigenvalue weighted by Gasteiger charge is -2.18. The van der Waals surface area contributed by atoms with Gasteiger partial charge in [0.1, 0.15) is 13.2 Å². The molecule has 6 heteroatoms. The van der Waals surface area contributed by atoms with E-state index >= 15 is 0 Å². The van der Waals surface area contributed by atoms with Crippen molar-refractivity contribution in [1.29, 1.82) is 0 Å². The molecule has 0 aromatic rings. The second-order valence-electron chi connectivity index (χ2n) is 18.1. The molecule has 6 nitrogen and oxygen atoms in total. The zero-order valence-corrected chi connectivity index (χ0v) is 43.2.